The molecular formula is C15H11N3S2. The minimum absolute atomic E-state index is 0.236. The predicted octanol–water partition coefficient (Wildman–Crippen LogP) is 3.60. The van der Waals surface area contributed by atoms with E-state index in [4.69, 9.17) is 29.8 Å². The van der Waals surface area contributed by atoms with Crippen LogP contribution in [-0.2, 0) is 0 Å². The van der Waals surface area contributed by atoms with E-state index in [2.05, 4.69) is 0 Å². The Hall–Kier alpha value is -2.11. The highest BCUT2D eigenvalue weighted by atomic mass is 32.1. The molecule has 2 aromatic rings. The van der Waals surface area contributed by atoms with Gasteiger partial charge in [0.2, 0.25) is 0 Å². The van der Waals surface area contributed by atoms with E-state index in [-0.39, 0.29) is 5.84 Å². The van der Waals surface area contributed by atoms with Gasteiger partial charge in [-0.05, 0) is 36.5 Å². The van der Waals surface area contributed by atoms with Crippen LogP contribution in [0.2, 0.25) is 0 Å². The van der Waals surface area contributed by atoms with E-state index in [1.807, 2.05) is 60.7 Å². The molecule has 2 aromatic carbocycles. The minimum atomic E-state index is 0.236. The quantitative estimate of drug-likeness (QED) is 0.858. The van der Waals surface area contributed by atoms with Crippen molar-refractivity contribution in [2.75, 3.05) is 9.80 Å². The smallest absolute Gasteiger partial charge is 0.192 e. The van der Waals surface area contributed by atoms with E-state index in [1.165, 1.54) is 0 Å². The first-order valence-corrected chi connectivity index (χ1v) is 6.89. The minimum Gasteiger partial charge on any atom is -0.281 e. The van der Waals surface area contributed by atoms with E-state index >= 15 is 0 Å². The summed E-state index contributed by atoms with van der Waals surface area (Å²) in [6, 6.07) is 19.2. The summed E-state index contributed by atoms with van der Waals surface area (Å²) in [5.41, 5.74) is 1.73. The molecule has 0 unspecified atom stereocenters. The van der Waals surface area contributed by atoms with E-state index in [9.17, 15) is 0 Å². The van der Waals surface area contributed by atoms with Gasteiger partial charge in [-0.15, -0.1) is 0 Å². The molecule has 98 valence electrons. The summed E-state index contributed by atoms with van der Waals surface area (Å²) < 4.78 is 0. The molecule has 20 heavy (non-hydrogen) atoms. The monoisotopic (exact) mass is 297 g/mol. The summed E-state index contributed by atoms with van der Waals surface area (Å²) >= 11 is 10.9. The molecule has 1 aliphatic heterocycles. The summed E-state index contributed by atoms with van der Waals surface area (Å²) in [5, 5.41) is 8.73. The van der Waals surface area contributed by atoms with Crippen LogP contribution in [0.4, 0.5) is 11.4 Å². The predicted molar refractivity (Wildman–Crippen MR) is 90.8 cm³/mol. The van der Waals surface area contributed by atoms with Crippen LogP contribution in [0.3, 0.4) is 0 Å². The lowest BCUT2D eigenvalue weighted by atomic mass is 10.3. The lowest BCUT2D eigenvalue weighted by Crippen LogP contribution is -2.32. The van der Waals surface area contributed by atoms with E-state index < -0.39 is 0 Å². The van der Waals surface area contributed by atoms with Crippen molar-refractivity contribution in [3.05, 3.63) is 60.7 Å². The molecule has 3 rings (SSSR count). The van der Waals surface area contributed by atoms with Gasteiger partial charge in [0.15, 0.2) is 15.9 Å². The molecule has 0 radical (unpaired) electrons. The highest BCUT2D eigenvalue weighted by Crippen LogP contribution is 2.27. The van der Waals surface area contributed by atoms with Gasteiger partial charge in [0, 0.05) is 11.4 Å². The molecule has 0 spiro atoms. The Balaban J connectivity index is 2.03. The fourth-order valence-corrected chi connectivity index (χ4v) is 2.84. The van der Waals surface area contributed by atoms with E-state index in [0.29, 0.717) is 10.1 Å². The zero-order valence-corrected chi connectivity index (χ0v) is 12.1. The second-order valence-corrected chi connectivity index (χ2v) is 5.03. The SMILES string of the molecule is N=C1C(=S)N(c2ccccc2)C(=S)N1c1ccccc1. The van der Waals surface area contributed by atoms with Crippen molar-refractivity contribution in [2.45, 2.75) is 0 Å². The van der Waals surface area contributed by atoms with Crippen LogP contribution in [0, 0.1) is 5.41 Å². The Kier molecular flexibility index (Phi) is 3.30. The third kappa shape index (κ3) is 2.01. The number of benzene rings is 2. The molecule has 0 aliphatic carbocycles. The number of anilines is 2. The molecule has 0 amide bonds. The normalized spacial score (nSPS) is 15.1. The van der Waals surface area contributed by atoms with Crippen LogP contribution < -0.4 is 9.80 Å². The maximum absolute atomic E-state index is 8.22. The maximum atomic E-state index is 8.22. The number of nitrogens with zero attached hydrogens (tertiary/aromatic N) is 2. The van der Waals surface area contributed by atoms with Crippen molar-refractivity contribution in [2.24, 2.45) is 0 Å². The lowest BCUT2D eigenvalue weighted by Gasteiger charge is -2.20. The van der Waals surface area contributed by atoms with E-state index in [0.717, 1.165) is 11.4 Å². The third-order valence-corrected chi connectivity index (χ3v) is 3.78. The first kappa shape index (κ1) is 12.9. The Bertz CT molecular complexity index is 623. The highest BCUT2D eigenvalue weighted by Gasteiger charge is 2.37. The molecule has 0 atom stereocenters. The molecule has 1 N–H and O–H groups in total. The standard InChI is InChI=1S/C15H11N3S2/c16-13-14(19)18(12-9-5-2-6-10-12)15(20)17(13)11-7-3-1-4-8-11/h1-10,16H. The molecular weight excluding hydrogens is 286 g/mol. The van der Waals surface area contributed by atoms with E-state index in [1.54, 1.807) is 9.80 Å². The zero-order valence-electron chi connectivity index (χ0n) is 10.5. The fraction of sp³-hybridized carbons (Fsp3) is 0. The highest BCUT2D eigenvalue weighted by molar-refractivity contribution is 7.84. The summed E-state index contributed by atoms with van der Waals surface area (Å²) in [4.78, 5) is 3.86. The molecule has 0 aromatic heterocycles. The Morgan fingerprint density at radius 3 is 1.65 bits per heavy atom. The van der Waals surface area contributed by atoms with Gasteiger partial charge in [0.05, 0.1) is 0 Å². The summed E-state index contributed by atoms with van der Waals surface area (Å²) in [5.74, 6) is 0.236. The van der Waals surface area contributed by atoms with Gasteiger partial charge < -0.3 is 0 Å². The average molecular weight is 297 g/mol. The summed E-state index contributed by atoms with van der Waals surface area (Å²) in [6.45, 7) is 0. The molecule has 0 saturated carbocycles. The van der Waals surface area contributed by atoms with Crippen molar-refractivity contribution in [1.29, 1.82) is 5.41 Å². The molecule has 3 nitrogen and oxygen atoms in total. The number of hydrogen-bond donors (Lipinski definition) is 1. The first-order chi connectivity index (χ1) is 9.70. The zero-order chi connectivity index (χ0) is 14.1. The second-order valence-electron chi connectivity index (χ2n) is 4.28. The largest absolute Gasteiger partial charge is 0.281 e. The van der Waals surface area contributed by atoms with Gasteiger partial charge in [0.1, 0.15) is 0 Å². The van der Waals surface area contributed by atoms with Gasteiger partial charge >= 0.3 is 0 Å². The number of amidine groups is 1. The Morgan fingerprint density at radius 1 is 0.700 bits per heavy atom. The van der Waals surface area contributed by atoms with Gasteiger partial charge in [-0.25, -0.2) is 0 Å². The van der Waals surface area contributed by atoms with Crippen LogP contribution in [0.1, 0.15) is 0 Å². The summed E-state index contributed by atoms with van der Waals surface area (Å²) in [6.07, 6.45) is 0. The van der Waals surface area contributed by atoms with Crippen LogP contribution in [0.15, 0.2) is 60.7 Å². The van der Waals surface area contributed by atoms with Crippen LogP contribution in [-0.4, -0.2) is 15.9 Å². The molecule has 1 saturated heterocycles. The number of rotatable bonds is 2. The average Bonchev–Trinajstić information content (AvgIpc) is 2.71. The van der Waals surface area contributed by atoms with Crippen molar-refractivity contribution in [3.63, 3.8) is 0 Å². The second kappa shape index (κ2) is 5.11. The third-order valence-electron chi connectivity index (χ3n) is 3.04. The fourth-order valence-electron chi connectivity index (χ4n) is 2.11. The molecule has 5 heteroatoms. The van der Waals surface area contributed by atoms with Crippen LogP contribution in [0.5, 0.6) is 0 Å². The number of nitrogens with one attached hydrogen (secondary N) is 1. The lowest BCUT2D eigenvalue weighted by molar-refractivity contribution is 1.39. The van der Waals surface area contributed by atoms with Crippen molar-refractivity contribution in [3.8, 4) is 0 Å². The van der Waals surface area contributed by atoms with Crippen LogP contribution in [0.25, 0.3) is 0 Å². The molecule has 0 bridgehead atoms. The molecule has 1 aliphatic rings. The topological polar surface area (TPSA) is 30.3 Å². The van der Waals surface area contributed by atoms with Crippen LogP contribution >= 0.6 is 24.4 Å². The van der Waals surface area contributed by atoms with Crippen molar-refractivity contribution >= 4 is 51.7 Å². The van der Waals surface area contributed by atoms with Gasteiger partial charge in [-0.1, -0.05) is 48.6 Å². The number of hydrogen-bond acceptors (Lipinski definition) is 3. The molecule has 1 heterocycles. The summed E-state index contributed by atoms with van der Waals surface area (Å²) in [7, 11) is 0. The number of para-hydroxylation sites is 2. The molecule has 1 fully saturated rings. The Labute approximate surface area is 128 Å². The van der Waals surface area contributed by atoms with Crippen molar-refractivity contribution < 1.29 is 0 Å². The maximum Gasteiger partial charge on any atom is 0.192 e. The van der Waals surface area contributed by atoms with Gasteiger partial charge in [-0.2, -0.15) is 0 Å². The van der Waals surface area contributed by atoms with Gasteiger partial charge in [0.25, 0.3) is 0 Å². The number of thiocarbonyl (C=S) groups is 2. The van der Waals surface area contributed by atoms with Crippen molar-refractivity contribution in [1.82, 2.24) is 0 Å². The first-order valence-electron chi connectivity index (χ1n) is 6.07. The van der Waals surface area contributed by atoms with Gasteiger partial charge in [-0.3, -0.25) is 15.2 Å². The Morgan fingerprint density at radius 2 is 1.15 bits per heavy atom.